The molecule has 2 aliphatic heterocycles. The quantitative estimate of drug-likeness (QED) is 0.517. The van der Waals surface area contributed by atoms with Crippen LogP contribution in [0.4, 0.5) is 0 Å². The highest BCUT2D eigenvalue weighted by molar-refractivity contribution is 7.13. The number of benzene rings is 1. The molecule has 1 fully saturated rings. The number of aliphatic hydroxyl groups is 1. The Hall–Kier alpha value is -3.37. The zero-order valence-corrected chi connectivity index (χ0v) is 22.5. The molecule has 0 saturated carbocycles. The Morgan fingerprint density at radius 2 is 2.00 bits per heavy atom. The van der Waals surface area contributed by atoms with Crippen LogP contribution in [0.5, 0.6) is 0 Å². The highest BCUT2D eigenvalue weighted by Gasteiger charge is 2.48. The molecule has 0 bridgehead atoms. The molecule has 37 heavy (non-hydrogen) atoms. The number of carbonyl (C=O) groups is 2. The van der Waals surface area contributed by atoms with Gasteiger partial charge < -0.3 is 15.3 Å². The van der Waals surface area contributed by atoms with E-state index in [2.05, 4.69) is 20.4 Å². The smallest absolute Gasteiger partial charge is 0.277 e. The number of hydrogen-bond acceptors (Lipinski definition) is 7. The summed E-state index contributed by atoms with van der Waals surface area (Å²) >= 11 is 1.58. The van der Waals surface area contributed by atoms with Crippen molar-refractivity contribution < 1.29 is 14.7 Å². The lowest BCUT2D eigenvalue weighted by atomic mass is 9.88. The second-order valence-electron chi connectivity index (χ2n) is 10.5. The first-order valence-electron chi connectivity index (χ1n) is 12.5. The molecule has 1 aromatic carbocycles. The minimum atomic E-state index is -1.06. The molecule has 0 aliphatic carbocycles. The second kappa shape index (κ2) is 9.50. The summed E-state index contributed by atoms with van der Waals surface area (Å²) in [6.07, 6.45) is 3.20. The number of aromatic nitrogens is 3. The van der Waals surface area contributed by atoms with Gasteiger partial charge in [0.25, 0.3) is 5.91 Å². The Morgan fingerprint density at radius 3 is 2.59 bits per heavy atom. The first-order chi connectivity index (χ1) is 17.6. The molecular formula is C27H32N6O3S. The Kier molecular flexibility index (Phi) is 6.49. The molecule has 194 valence electrons. The van der Waals surface area contributed by atoms with Crippen LogP contribution < -0.4 is 5.32 Å². The summed E-state index contributed by atoms with van der Waals surface area (Å²) in [5.41, 5.74) is 4.41. The van der Waals surface area contributed by atoms with Gasteiger partial charge in [0.1, 0.15) is 11.4 Å². The minimum absolute atomic E-state index is 0.0289. The molecule has 4 heterocycles. The molecule has 2 amide bonds. The van der Waals surface area contributed by atoms with Crippen molar-refractivity contribution in [1.29, 1.82) is 0 Å². The normalized spacial score (nSPS) is 24.5. The van der Waals surface area contributed by atoms with Gasteiger partial charge in [-0.3, -0.25) is 14.3 Å². The molecular weight excluding hydrogens is 488 g/mol. The van der Waals surface area contributed by atoms with Gasteiger partial charge >= 0.3 is 0 Å². The second-order valence-corrected chi connectivity index (χ2v) is 11.3. The largest absolute Gasteiger partial charge is 0.391 e. The van der Waals surface area contributed by atoms with Gasteiger partial charge in [-0.2, -0.15) is 10.1 Å². The molecule has 2 aromatic heterocycles. The lowest BCUT2D eigenvalue weighted by Gasteiger charge is -2.31. The lowest BCUT2D eigenvalue weighted by molar-refractivity contribution is -0.134. The average molecular weight is 521 g/mol. The number of nitrogens with one attached hydrogen (secondary N) is 1. The molecule has 2 aliphatic rings. The van der Waals surface area contributed by atoms with Crippen LogP contribution in [0.3, 0.4) is 0 Å². The van der Waals surface area contributed by atoms with Crippen LogP contribution in [-0.2, 0) is 22.2 Å². The number of amides is 2. The van der Waals surface area contributed by atoms with Crippen molar-refractivity contribution in [3.05, 3.63) is 59.0 Å². The van der Waals surface area contributed by atoms with Crippen molar-refractivity contribution in [2.45, 2.75) is 57.7 Å². The molecule has 10 heteroatoms. The van der Waals surface area contributed by atoms with E-state index in [4.69, 9.17) is 0 Å². The maximum Gasteiger partial charge on any atom is 0.277 e. The fourth-order valence-electron chi connectivity index (χ4n) is 5.35. The fraction of sp³-hybridized carbons (Fsp3) is 0.444. The molecule has 2 N–H and O–H groups in total. The molecule has 0 spiro atoms. The zero-order chi connectivity index (χ0) is 26.5. The minimum Gasteiger partial charge on any atom is -0.391 e. The van der Waals surface area contributed by atoms with Crippen molar-refractivity contribution in [2.75, 3.05) is 6.54 Å². The summed E-state index contributed by atoms with van der Waals surface area (Å²) in [5, 5.41) is 18.1. The number of amidine groups is 1. The lowest BCUT2D eigenvalue weighted by Crippen LogP contribution is -2.51. The Balaban J connectivity index is 1.39. The van der Waals surface area contributed by atoms with Gasteiger partial charge in [0.2, 0.25) is 5.91 Å². The monoisotopic (exact) mass is 520 g/mol. The van der Waals surface area contributed by atoms with Gasteiger partial charge in [0.15, 0.2) is 0 Å². The topological polar surface area (TPSA) is 113 Å². The van der Waals surface area contributed by atoms with E-state index in [1.54, 1.807) is 27.1 Å². The van der Waals surface area contributed by atoms with Crippen molar-refractivity contribution in [1.82, 2.24) is 25.0 Å². The van der Waals surface area contributed by atoms with E-state index < -0.39 is 23.6 Å². The summed E-state index contributed by atoms with van der Waals surface area (Å²) in [5.74, 6) is -0.368. The Morgan fingerprint density at radius 1 is 1.27 bits per heavy atom. The van der Waals surface area contributed by atoms with Gasteiger partial charge in [-0.15, -0.1) is 11.3 Å². The number of carbonyl (C=O) groups excluding carboxylic acids is 2. The maximum absolute atomic E-state index is 13.8. The van der Waals surface area contributed by atoms with Crippen LogP contribution in [0, 0.1) is 12.8 Å². The number of nitrogens with zero attached hydrogens (tertiary/aromatic N) is 5. The first kappa shape index (κ1) is 25.3. The molecule has 0 radical (unpaired) electrons. The number of aliphatic hydroxyl groups excluding tert-OH is 1. The van der Waals surface area contributed by atoms with Crippen LogP contribution in [0.15, 0.2) is 47.2 Å². The number of rotatable bonds is 6. The predicted octanol–water partition coefficient (Wildman–Crippen LogP) is 3.00. The summed E-state index contributed by atoms with van der Waals surface area (Å²) in [4.78, 5) is 38.5. The predicted molar refractivity (Wildman–Crippen MR) is 142 cm³/mol. The van der Waals surface area contributed by atoms with Crippen molar-refractivity contribution in [3.8, 4) is 10.4 Å². The van der Waals surface area contributed by atoms with Crippen molar-refractivity contribution in [3.63, 3.8) is 0 Å². The van der Waals surface area contributed by atoms with Crippen LogP contribution in [0.1, 0.15) is 49.9 Å². The average Bonchev–Trinajstić information content (AvgIpc) is 3.62. The molecule has 3 aromatic rings. The summed E-state index contributed by atoms with van der Waals surface area (Å²) in [6.45, 7) is 7.98. The third-order valence-electron chi connectivity index (χ3n) is 7.39. The van der Waals surface area contributed by atoms with Gasteiger partial charge in [-0.05, 0) is 30.9 Å². The number of aliphatic imine (C=N–C) groups is 1. The number of β-amino-alcohol motifs (C(OH)–C–C–N with tert-alkyl or cyclic N) is 1. The summed E-state index contributed by atoms with van der Waals surface area (Å²) in [6, 6.07) is 7.34. The standard InChI is InChI=1S/C27H32N6O3S/c1-15(2)22(18-11-29-32(5)12-18)25(35)33-13-20(34)10-21(33)24-30-26(36)27(4,31-24)19-8-6-17(7-9-19)23-16(3)28-14-37-23/h6-9,11-12,14-15,20-22,34H,10,13H2,1-5H3,(H,30,31,36)/t20-,21+,22?,27+/m1/s1. The number of aryl methyl sites for hydroxylation is 2. The van der Waals surface area contributed by atoms with Crippen molar-refractivity contribution >= 4 is 29.0 Å². The third kappa shape index (κ3) is 4.48. The highest BCUT2D eigenvalue weighted by atomic mass is 32.1. The van der Waals surface area contributed by atoms with E-state index >= 15 is 0 Å². The number of likely N-dealkylation sites (tertiary alicyclic amines) is 1. The van der Waals surface area contributed by atoms with E-state index in [1.807, 2.05) is 70.7 Å². The van der Waals surface area contributed by atoms with E-state index in [0.29, 0.717) is 12.3 Å². The molecule has 5 rings (SSSR count). The first-order valence-corrected chi connectivity index (χ1v) is 13.4. The highest BCUT2D eigenvalue weighted by Crippen LogP contribution is 2.35. The van der Waals surface area contributed by atoms with Gasteiger partial charge in [-0.25, -0.2) is 4.98 Å². The number of thiazole rings is 1. The van der Waals surface area contributed by atoms with Gasteiger partial charge in [0.05, 0.1) is 40.3 Å². The van der Waals surface area contributed by atoms with E-state index in [0.717, 1.165) is 27.3 Å². The van der Waals surface area contributed by atoms with Crippen LogP contribution in [0.2, 0.25) is 0 Å². The fourth-order valence-corrected chi connectivity index (χ4v) is 6.17. The molecule has 9 nitrogen and oxygen atoms in total. The zero-order valence-electron chi connectivity index (χ0n) is 21.7. The molecule has 1 unspecified atom stereocenters. The van der Waals surface area contributed by atoms with Crippen LogP contribution >= 0.6 is 11.3 Å². The van der Waals surface area contributed by atoms with E-state index in [-0.39, 0.29) is 24.3 Å². The maximum atomic E-state index is 13.8. The van der Waals surface area contributed by atoms with Crippen molar-refractivity contribution in [2.24, 2.45) is 18.0 Å². The van der Waals surface area contributed by atoms with E-state index in [1.165, 1.54) is 0 Å². The van der Waals surface area contributed by atoms with Crippen LogP contribution in [0.25, 0.3) is 10.4 Å². The molecule has 1 saturated heterocycles. The third-order valence-corrected chi connectivity index (χ3v) is 8.37. The molecule has 4 atom stereocenters. The summed E-state index contributed by atoms with van der Waals surface area (Å²) in [7, 11) is 1.82. The van der Waals surface area contributed by atoms with E-state index in [9.17, 15) is 14.7 Å². The Bertz CT molecular complexity index is 1360. The van der Waals surface area contributed by atoms with Crippen LogP contribution in [-0.4, -0.2) is 61.1 Å². The summed E-state index contributed by atoms with van der Waals surface area (Å²) < 4.78 is 1.68. The van der Waals surface area contributed by atoms with Gasteiger partial charge in [0, 0.05) is 31.8 Å². The number of hydrogen-bond donors (Lipinski definition) is 2. The van der Waals surface area contributed by atoms with Gasteiger partial charge in [-0.1, -0.05) is 38.1 Å². The Labute approximate surface area is 220 Å². The SMILES string of the molecule is Cc1ncsc1-c1ccc([C@]2(C)NC([C@@H]3C[C@@H](O)CN3C(=O)C(c3cnn(C)c3)C(C)C)=NC2=O)cc1.